The zero-order chi connectivity index (χ0) is 15.8. The van der Waals surface area contributed by atoms with Crippen molar-refractivity contribution in [3.8, 4) is 0 Å². The Morgan fingerprint density at radius 2 is 1.62 bits per heavy atom. The number of halogens is 2. The molecule has 0 saturated carbocycles. The lowest BCUT2D eigenvalue weighted by Crippen LogP contribution is -2.12. The molecule has 110 valence electrons. The molecule has 0 atom stereocenters. The van der Waals surface area contributed by atoms with Gasteiger partial charge in [-0.15, -0.1) is 0 Å². The van der Waals surface area contributed by atoms with Gasteiger partial charge in [-0.05, 0) is 23.1 Å². The summed E-state index contributed by atoms with van der Waals surface area (Å²) in [5, 5.41) is 0. The highest BCUT2D eigenvalue weighted by Gasteiger charge is 2.19. The summed E-state index contributed by atoms with van der Waals surface area (Å²) in [5.41, 5.74) is 5.94. The minimum Gasteiger partial charge on any atom is -0.396 e. The number of anilines is 1. The summed E-state index contributed by atoms with van der Waals surface area (Å²) < 4.78 is 27.2. The van der Waals surface area contributed by atoms with Crippen molar-refractivity contribution in [3.63, 3.8) is 0 Å². The third-order valence-electron chi connectivity index (χ3n) is 3.32. The fraction of sp³-hybridized carbons (Fsp3) is 0.235. The van der Waals surface area contributed by atoms with Crippen LogP contribution >= 0.6 is 0 Å². The van der Waals surface area contributed by atoms with Crippen molar-refractivity contribution >= 4 is 11.5 Å². The van der Waals surface area contributed by atoms with E-state index in [2.05, 4.69) is 20.8 Å². The van der Waals surface area contributed by atoms with Gasteiger partial charge in [0.1, 0.15) is 5.82 Å². The number of nitrogens with two attached hydrogens (primary N) is 1. The van der Waals surface area contributed by atoms with Crippen LogP contribution in [0.1, 0.15) is 42.3 Å². The topological polar surface area (TPSA) is 43.1 Å². The maximum absolute atomic E-state index is 13.9. The van der Waals surface area contributed by atoms with Gasteiger partial charge in [-0.1, -0.05) is 45.0 Å². The highest BCUT2D eigenvalue weighted by Crippen LogP contribution is 2.24. The van der Waals surface area contributed by atoms with Gasteiger partial charge in [0.2, 0.25) is 0 Å². The minimum atomic E-state index is -0.888. The van der Waals surface area contributed by atoms with E-state index in [1.807, 2.05) is 12.1 Å². The molecule has 0 unspecified atom stereocenters. The minimum absolute atomic E-state index is 0.0455. The molecular weight excluding hydrogens is 272 g/mol. The monoisotopic (exact) mass is 289 g/mol. The third-order valence-corrected chi connectivity index (χ3v) is 3.32. The van der Waals surface area contributed by atoms with Gasteiger partial charge in [0, 0.05) is 5.56 Å². The number of benzene rings is 2. The van der Waals surface area contributed by atoms with Gasteiger partial charge in [-0.25, -0.2) is 8.78 Å². The number of hydrogen-bond acceptors (Lipinski definition) is 2. The Morgan fingerprint density at radius 3 is 2.14 bits per heavy atom. The molecule has 2 N–H and O–H groups in total. The van der Waals surface area contributed by atoms with Crippen LogP contribution in [0.2, 0.25) is 0 Å². The molecule has 0 amide bonds. The molecule has 0 aliphatic rings. The average Bonchev–Trinajstić information content (AvgIpc) is 2.41. The van der Waals surface area contributed by atoms with Crippen molar-refractivity contribution in [2.24, 2.45) is 0 Å². The van der Waals surface area contributed by atoms with E-state index in [0.29, 0.717) is 5.56 Å². The van der Waals surface area contributed by atoms with Crippen molar-refractivity contribution < 1.29 is 13.6 Å². The second kappa shape index (κ2) is 5.28. The molecule has 0 aliphatic heterocycles. The van der Waals surface area contributed by atoms with E-state index in [-0.39, 0.29) is 16.7 Å². The molecule has 0 bridgehead atoms. The van der Waals surface area contributed by atoms with Crippen LogP contribution < -0.4 is 5.73 Å². The van der Waals surface area contributed by atoms with Crippen LogP contribution in [0, 0.1) is 11.6 Å². The first-order valence-corrected chi connectivity index (χ1v) is 6.60. The first-order chi connectivity index (χ1) is 9.70. The van der Waals surface area contributed by atoms with Gasteiger partial charge in [0.15, 0.2) is 11.6 Å². The maximum atomic E-state index is 13.9. The summed E-state index contributed by atoms with van der Waals surface area (Å²) >= 11 is 0. The Labute approximate surface area is 122 Å². The fourth-order valence-electron chi connectivity index (χ4n) is 2.05. The first-order valence-electron chi connectivity index (χ1n) is 6.60. The molecule has 0 radical (unpaired) electrons. The molecule has 0 spiro atoms. The summed E-state index contributed by atoms with van der Waals surface area (Å²) in [4.78, 5) is 12.3. The Hall–Kier alpha value is -2.23. The number of hydrogen-bond donors (Lipinski definition) is 1. The van der Waals surface area contributed by atoms with Gasteiger partial charge in [-0.2, -0.15) is 0 Å². The van der Waals surface area contributed by atoms with Crippen LogP contribution in [0.3, 0.4) is 0 Å². The highest BCUT2D eigenvalue weighted by atomic mass is 19.1. The van der Waals surface area contributed by atoms with Crippen LogP contribution in [0.5, 0.6) is 0 Å². The number of carbonyl (C=O) groups excluding carboxylic acids is 1. The predicted molar refractivity (Wildman–Crippen MR) is 79.3 cm³/mol. The molecule has 0 saturated heterocycles. The lowest BCUT2D eigenvalue weighted by atomic mass is 9.86. The second-order valence-corrected chi connectivity index (χ2v) is 6.01. The summed E-state index contributed by atoms with van der Waals surface area (Å²) in [5.74, 6) is -2.20. The van der Waals surface area contributed by atoms with Crippen LogP contribution in [-0.2, 0) is 5.41 Å². The zero-order valence-corrected chi connectivity index (χ0v) is 12.2. The van der Waals surface area contributed by atoms with Crippen molar-refractivity contribution in [2.45, 2.75) is 26.2 Å². The molecule has 2 aromatic rings. The zero-order valence-electron chi connectivity index (χ0n) is 12.2. The molecule has 2 rings (SSSR count). The summed E-state index contributed by atoms with van der Waals surface area (Å²) in [6.45, 7) is 6.16. The number of carbonyl (C=O) groups is 1. The predicted octanol–water partition coefficient (Wildman–Crippen LogP) is 4.08. The van der Waals surface area contributed by atoms with E-state index in [9.17, 15) is 13.6 Å². The second-order valence-electron chi connectivity index (χ2n) is 6.01. The van der Waals surface area contributed by atoms with Crippen molar-refractivity contribution in [1.29, 1.82) is 0 Å². The normalized spacial score (nSPS) is 11.5. The lowest BCUT2D eigenvalue weighted by Gasteiger charge is -2.19. The van der Waals surface area contributed by atoms with Gasteiger partial charge in [0.25, 0.3) is 0 Å². The van der Waals surface area contributed by atoms with Crippen molar-refractivity contribution in [3.05, 3.63) is 64.7 Å². The molecule has 2 nitrogen and oxygen atoms in total. The number of rotatable bonds is 2. The summed E-state index contributed by atoms with van der Waals surface area (Å²) in [7, 11) is 0. The van der Waals surface area contributed by atoms with E-state index >= 15 is 0 Å². The number of nitrogen functional groups attached to an aromatic ring is 1. The Balaban J connectivity index is 2.41. The largest absolute Gasteiger partial charge is 0.396 e. The van der Waals surface area contributed by atoms with Crippen LogP contribution in [0.15, 0.2) is 36.4 Å². The fourth-order valence-corrected chi connectivity index (χ4v) is 2.05. The maximum Gasteiger partial charge on any atom is 0.196 e. The molecule has 4 heteroatoms. The van der Waals surface area contributed by atoms with Crippen LogP contribution in [-0.4, -0.2) is 5.78 Å². The average molecular weight is 289 g/mol. The van der Waals surface area contributed by atoms with E-state index in [1.165, 1.54) is 0 Å². The van der Waals surface area contributed by atoms with E-state index in [4.69, 9.17) is 5.73 Å². The molecule has 0 fully saturated rings. The van der Waals surface area contributed by atoms with Crippen molar-refractivity contribution in [2.75, 3.05) is 5.73 Å². The Kier molecular flexibility index (Phi) is 3.81. The molecule has 21 heavy (non-hydrogen) atoms. The smallest absolute Gasteiger partial charge is 0.196 e. The van der Waals surface area contributed by atoms with E-state index in [1.54, 1.807) is 12.1 Å². The van der Waals surface area contributed by atoms with Gasteiger partial charge >= 0.3 is 0 Å². The summed E-state index contributed by atoms with van der Waals surface area (Å²) in [6, 6.07) is 8.58. The SMILES string of the molecule is CC(C)(C)c1ccc(C(=O)c2cc(F)cc(N)c2F)cc1. The van der Waals surface area contributed by atoms with Crippen LogP contribution in [0.25, 0.3) is 0 Å². The first kappa shape index (κ1) is 15.2. The molecular formula is C17H17F2NO. The molecule has 0 heterocycles. The van der Waals surface area contributed by atoms with Gasteiger partial charge in [-0.3, -0.25) is 4.79 Å². The van der Waals surface area contributed by atoms with Crippen LogP contribution in [0.4, 0.5) is 14.5 Å². The molecule has 0 aromatic heterocycles. The lowest BCUT2D eigenvalue weighted by molar-refractivity contribution is 0.103. The van der Waals surface area contributed by atoms with Crippen molar-refractivity contribution in [1.82, 2.24) is 0 Å². The van der Waals surface area contributed by atoms with Gasteiger partial charge < -0.3 is 5.73 Å². The molecule has 2 aromatic carbocycles. The van der Waals surface area contributed by atoms with E-state index < -0.39 is 17.4 Å². The highest BCUT2D eigenvalue weighted by molar-refractivity contribution is 6.09. The quantitative estimate of drug-likeness (QED) is 0.669. The molecule has 0 aliphatic carbocycles. The third kappa shape index (κ3) is 3.10. The standard InChI is InChI=1S/C17H17F2NO/c1-17(2,3)11-6-4-10(5-7-11)16(21)13-8-12(18)9-14(20)15(13)19/h4-9H,20H2,1-3H3. The Bertz CT molecular complexity index is 685. The van der Waals surface area contributed by atoms with E-state index in [0.717, 1.165) is 17.7 Å². The van der Waals surface area contributed by atoms with Gasteiger partial charge in [0.05, 0.1) is 11.3 Å². The summed E-state index contributed by atoms with van der Waals surface area (Å²) in [6.07, 6.45) is 0. The number of ketones is 1. The Morgan fingerprint density at radius 1 is 1.05 bits per heavy atom.